The van der Waals surface area contributed by atoms with Crippen LogP contribution in [0.4, 0.5) is 4.79 Å². The molecular weight excluding hydrogens is 358 g/mol. The van der Waals surface area contributed by atoms with Gasteiger partial charge < -0.3 is 15.1 Å². The molecule has 5 nitrogen and oxygen atoms in total. The lowest BCUT2D eigenvalue weighted by Gasteiger charge is -2.25. The van der Waals surface area contributed by atoms with Crippen LogP contribution in [-0.2, 0) is 0 Å². The molecule has 0 aliphatic carbocycles. The predicted octanol–water partition coefficient (Wildman–Crippen LogP) is 3.34. The third kappa shape index (κ3) is 5.82. The fourth-order valence-corrected chi connectivity index (χ4v) is 3.67. The summed E-state index contributed by atoms with van der Waals surface area (Å²) >= 11 is 7.61. The van der Waals surface area contributed by atoms with Gasteiger partial charge in [-0.2, -0.15) is 11.8 Å². The van der Waals surface area contributed by atoms with E-state index in [2.05, 4.69) is 12.2 Å². The van der Waals surface area contributed by atoms with Gasteiger partial charge in [-0.15, -0.1) is 0 Å². The Morgan fingerprint density at radius 2 is 1.80 bits per heavy atom. The van der Waals surface area contributed by atoms with Crippen molar-refractivity contribution >= 4 is 35.3 Å². The van der Waals surface area contributed by atoms with Crippen molar-refractivity contribution in [1.29, 1.82) is 0 Å². The van der Waals surface area contributed by atoms with Crippen LogP contribution in [0.15, 0.2) is 24.3 Å². The molecule has 0 radical (unpaired) electrons. The summed E-state index contributed by atoms with van der Waals surface area (Å²) in [6.45, 7) is 4.52. The summed E-state index contributed by atoms with van der Waals surface area (Å²) in [5.74, 6) is 0.907. The Morgan fingerprint density at radius 3 is 2.44 bits per heavy atom. The lowest BCUT2D eigenvalue weighted by atomic mass is 10.2. The summed E-state index contributed by atoms with van der Waals surface area (Å²) in [6, 6.07) is 7.11. The highest BCUT2D eigenvalue weighted by Gasteiger charge is 2.23. The zero-order valence-electron chi connectivity index (χ0n) is 14.8. The smallest absolute Gasteiger partial charge is 0.317 e. The number of hydrogen-bond donors (Lipinski definition) is 1. The van der Waals surface area contributed by atoms with Gasteiger partial charge in [0.1, 0.15) is 0 Å². The molecule has 138 valence electrons. The monoisotopic (exact) mass is 383 g/mol. The first kappa shape index (κ1) is 19.9. The second-order valence-electron chi connectivity index (χ2n) is 6.15. The molecule has 7 heteroatoms. The van der Waals surface area contributed by atoms with Crippen molar-refractivity contribution in [2.75, 3.05) is 38.2 Å². The highest BCUT2D eigenvalue weighted by Crippen LogP contribution is 2.13. The average molecular weight is 384 g/mol. The van der Waals surface area contributed by atoms with E-state index in [-0.39, 0.29) is 18.0 Å². The largest absolute Gasteiger partial charge is 0.337 e. The van der Waals surface area contributed by atoms with Crippen molar-refractivity contribution in [3.05, 3.63) is 34.9 Å². The molecule has 1 fully saturated rings. The van der Waals surface area contributed by atoms with Gasteiger partial charge in [0.15, 0.2) is 0 Å². The van der Waals surface area contributed by atoms with Crippen LogP contribution >= 0.6 is 23.4 Å². The number of carbonyl (C=O) groups excluding carboxylic acids is 2. The Labute approximate surface area is 159 Å². The van der Waals surface area contributed by atoms with Crippen LogP contribution < -0.4 is 5.32 Å². The van der Waals surface area contributed by atoms with Crippen molar-refractivity contribution in [3.63, 3.8) is 0 Å². The van der Waals surface area contributed by atoms with E-state index >= 15 is 0 Å². The second-order valence-corrected chi connectivity index (χ2v) is 7.50. The molecule has 1 atom stereocenters. The second kappa shape index (κ2) is 9.92. The third-order valence-electron chi connectivity index (χ3n) is 4.35. The quantitative estimate of drug-likeness (QED) is 0.848. The Kier molecular flexibility index (Phi) is 7.90. The van der Waals surface area contributed by atoms with Crippen molar-refractivity contribution in [2.24, 2.45) is 0 Å². The number of carbonyl (C=O) groups is 2. The average Bonchev–Trinajstić information content (AvgIpc) is 2.87. The molecular formula is C18H26ClN3O2S. The Hall–Kier alpha value is -1.40. The number of nitrogens with one attached hydrogen (secondary N) is 1. The topological polar surface area (TPSA) is 52.7 Å². The highest BCUT2D eigenvalue weighted by atomic mass is 35.5. The number of nitrogens with zero attached hydrogens (tertiary/aromatic N) is 2. The number of benzene rings is 1. The fourth-order valence-electron chi connectivity index (χ4n) is 2.83. The molecule has 2 rings (SSSR count). The normalized spacial score (nSPS) is 16.3. The molecule has 0 aromatic heterocycles. The van der Waals surface area contributed by atoms with Crippen LogP contribution in [0.5, 0.6) is 0 Å². The molecule has 1 heterocycles. The van der Waals surface area contributed by atoms with E-state index in [1.807, 2.05) is 16.1 Å². The number of thioether (sulfide) groups is 1. The summed E-state index contributed by atoms with van der Waals surface area (Å²) < 4.78 is 0. The van der Waals surface area contributed by atoms with Crippen LogP contribution in [0.2, 0.25) is 5.02 Å². The summed E-state index contributed by atoms with van der Waals surface area (Å²) in [5.41, 5.74) is 0.633. The van der Waals surface area contributed by atoms with Crippen molar-refractivity contribution in [1.82, 2.24) is 15.1 Å². The zero-order chi connectivity index (χ0) is 18.2. The van der Waals surface area contributed by atoms with Gasteiger partial charge in [0.2, 0.25) is 0 Å². The lowest BCUT2D eigenvalue weighted by Crippen LogP contribution is -2.47. The molecule has 0 spiro atoms. The van der Waals surface area contributed by atoms with Crippen LogP contribution in [-0.4, -0.2) is 66.0 Å². The van der Waals surface area contributed by atoms with Crippen molar-refractivity contribution in [3.8, 4) is 0 Å². The summed E-state index contributed by atoms with van der Waals surface area (Å²) in [7, 11) is 0. The number of hydrogen-bond acceptors (Lipinski definition) is 3. The Morgan fingerprint density at radius 1 is 1.16 bits per heavy atom. The minimum atomic E-state index is -0.0262. The van der Waals surface area contributed by atoms with Crippen LogP contribution in [0.25, 0.3) is 0 Å². The lowest BCUT2D eigenvalue weighted by molar-refractivity contribution is 0.0762. The minimum Gasteiger partial charge on any atom is -0.337 e. The van der Waals surface area contributed by atoms with E-state index in [4.69, 9.17) is 11.6 Å². The molecule has 0 unspecified atom stereocenters. The molecule has 1 saturated heterocycles. The first-order chi connectivity index (χ1) is 12.0. The molecule has 1 aliphatic rings. The molecule has 1 aliphatic heterocycles. The van der Waals surface area contributed by atoms with Crippen molar-refractivity contribution < 1.29 is 9.59 Å². The Balaban J connectivity index is 1.91. The van der Waals surface area contributed by atoms with Crippen molar-refractivity contribution in [2.45, 2.75) is 25.8 Å². The maximum absolute atomic E-state index is 12.6. The van der Waals surface area contributed by atoms with Gasteiger partial charge in [0.05, 0.1) is 0 Å². The van der Waals surface area contributed by atoms with Gasteiger partial charge in [0, 0.05) is 48.6 Å². The van der Waals surface area contributed by atoms with Crippen LogP contribution in [0.3, 0.4) is 0 Å². The number of amides is 3. The van der Waals surface area contributed by atoms with E-state index in [1.165, 1.54) is 0 Å². The molecule has 0 bridgehead atoms. The Bertz CT molecular complexity index is 582. The first-order valence-corrected chi connectivity index (χ1v) is 10.4. The molecule has 1 aromatic carbocycles. The molecule has 1 N–H and O–H groups in total. The van der Waals surface area contributed by atoms with E-state index < -0.39 is 0 Å². The molecule has 25 heavy (non-hydrogen) atoms. The minimum absolute atomic E-state index is 0.00672. The molecule has 1 aromatic rings. The summed E-state index contributed by atoms with van der Waals surface area (Å²) in [4.78, 5) is 28.7. The SMILES string of the molecule is CC[C@H](CSC)NC(=O)N1CCCN(C(=O)c2ccc(Cl)cc2)CC1. The molecule has 3 amide bonds. The summed E-state index contributed by atoms with van der Waals surface area (Å²) in [6.07, 6.45) is 3.74. The van der Waals surface area contributed by atoms with Gasteiger partial charge in [-0.1, -0.05) is 18.5 Å². The van der Waals surface area contributed by atoms with Gasteiger partial charge in [-0.3, -0.25) is 4.79 Å². The maximum atomic E-state index is 12.6. The standard InChI is InChI=1S/C18H26ClN3O2S/c1-3-16(13-25-2)20-18(24)22-10-4-9-21(11-12-22)17(23)14-5-7-15(19)8-6-14/h5-8,16H,3-4,9-13H2,1-2H3,(H,20,24)/t16-/m1/s1. The number of halogens is 1. The number of rotatable bonds is 5. The van der Waals surface area contributed by atoms with Gasteiger partial charge >= 0.3 is 6.03 Å². The number of urea groups is 1. The van der Waals surface area contributed by atoms with E-state index in [1.54, 1.807) is 36.0 Å². The van der Waals surface area contributed by atoms with E-state index in [0.29, 0.717) is 36.8 Å². The third-order valence-corrected chi connectivity index (χ3v) is 5.34. The maximum Gasteiger partial charge on any atom is 0.317 e. The predicted molar refractivity (Wildman–Crippen MR) is 105 cm³/mol. The van der Waals surface area contributed by atoms with Crippen LogP contribution in [0, 0.1) is 0 Å². The van der Waals surface area contributed by atoms with Crippen LogP contribution in [0.1, 0.15) is 30.1 Å². The van der Waals surface area contributed by atoms with E-state index in [0.717, 1.165) is 18.6 Å². The van der Waals surface area contributed by atoms with Gasteiger partial charge in [-0.25, -0.2) is 4.79 Å². The highest BCUT2D eigenvalue weighted by molar-refractivity contribution is 7.98. The van der Waals surface area contributed by atoms with Gasteiger partial charge in [0.25, 0.3) is 5.91 Å². The zero-order valence-corrected chi connectivity index (χ0v) is 16.4. The first-order valence-electron chi connectivity index (χ1n) is 8.64. The van der Waals surface area contributed by atoms with Gasteiger partial charge in [-0.05, 0) is 43.4 Å². The fraction of sp³-hybridized carbons (Fsp3) is 0.556. The van der Waals surface area contributed by atoms with E-state index in [9.17, 15) is 9.59 Å². The molecule has 0 saturated carbocycles. The summed E-state index contributed by atoms with van der Waals surface area (Å²) in [5, 5.41) is 3.71.